The van der Waals surface area contributed by atoms with Gasteiger partial charge in [-0.3, -0.25) is 0 Å². The highest BCUT2D eigenvalue weighted by Crippen LogP contribution is 2.29. The van der Waals surface area contributed by atoms with E-state index in [0.29, 0.717) is 50.1 Å². The van der Waals surface area contributed by atoms with Crippen LogP contribution in [0.1, 0.15) is 64.2 Å². The van der Waals surface area contributed by atoms with E-state index in [9.17, 15) is 9.59 Å². The molecular formula is C24H36O6. The van der Waals surface area contributed by atoms with Gasteiger partial charge in [-0.25, -0.2) is 9.59 Å². The van der Waals surface area contributed by atoms with Gasteiger partial charge < -0.3 is 18.9 Å². The summed E-state index contributed by atoms with van der Waals surface area (Å²) in [5, 5.41) is 0. The van der Waals surface area contributed by atoms with Crippen LogP contribution in [-0.4, -0.2) is 38.7 Å². The third-order valence-corrected chi connectivity index (χ3v) is 6.47. The molecule has 3 rings (SSSR count). The average molecular weight is 421 g/mol. The molecule has 0 N–H and O–H groups in total. The lowest BCUT2D eigenvalue weighted by molar-refractivity contribution is 0.0158. The fraction of sp³-hybridized carbons (Fsp3) is 0.750. The highest BCUT2D eigenvalue weighted by atomic mass is 16.7. The Balaban J connectivity index is 1.19. The van der Waals surface area contributed by atoms with Crippen LogP contribution in [-0.2, 0) is 18.9 Å². The minimum atomic E-state index is -0.550. The number of hydrogen-bond donors (Lipinski definition) is 0. The molecule has 0 heterocycles. The summed E-state index contributed by atoms with van der Waals surface area (Å²) in [6.45, 7) is 1.71. The summed E-state index contributed by atoms with van der Waals surface area (Å²) in [5.74, 6) is 1.56. The molecule has 3 aliphatic carbocycles. The van der Waals surface area contributed by atoms with Crippen LogP contribution in [0.5, 0.6) is 0 Å². The summed E-state index contributed by atoms with van der Waals surface area (Å²) in [6.07, 6.45) is 17.7. The molecular weight excluding hydrogens is 384 g/mol. The molecule has 1 fully saturated rings. The Morgan fingerprint density at radius 3 is 1.23 bits per heavy atom. The Kier molecular flexibility index (Phi) is 9.58. The maximum atomic E-state index is 11.8. The zero-order chi connectivity index (χ0) is 21.0. The van der Waals surface area contributed by atoms with Gasteiger partial charge in [0.05, 0.1) is 26.4 Å². The number of rotatable bonds is 8. The van der Waals surface area contributed by atoms with Crippen LogP contribution in [0.4, 0.5) is 9.59 Å². The van der Waals surface area contributed by atoms with Crippen molar-refractivity contribution in [3.8, 4) is 0 Å². The molecule has 0 aromatic heterocycles. The quantitative estimate of drug-likeness (QED) is 0.364. The molecule has 30 heavy (non-hydrogen) atoms. The Morgan fingerprint density at radius 2 is 0.900 bits per heavy atom. The van der Waals surface area contributed by atoms with Crippen LogP contribution in [0, 0.1) is 23.7 Å². The van der Waals surface area contributed by atoms with Gasteiger partial charge in [0.2, 0.25) is 0 Å². The monoisotopic (exact) mass is 420 g/mol. The van der Waals surface area contributed by atoms with E-state index in [0.717, 1.165) is 64.2 Å². The van der Waals surface area contributed by atoms with E-state index in [2.05, 4.69) is 24.3 Å². The van der Waals surface area contributed by atoms with Crippen molar-refractivity contribution in [2.45, 2.75) is 64.2 Å². The maximum absolute atomic E-state index is 11.8. The van der Waals surface area contributed by atoms with Crippen LogP contribution in [0.2, 0.25) is 0 Å². The maximum Gasteiger partial charge on any atom is 0.508 e. The lowest BCUT2D eigenvalue weighted by Gasteiger charge is -2.27. The fourth-order valence-electron chi connectivity index (χ4n) is 4.41. The first kappa shape index (κ1) is 22.7. The van der Waals surface area contributed by atoms with Crippen molar-refractivity contribution >= 4 is 12.3 Å². The Morgan fingerprint density at radius 1 is 0.533 bits per heavy atom. The van der Waals surface area contributed by atoms with Gasteiger partial charge in [-0.05, 0) is 87.9 Å². The summed E-state index contributed by atoms with van der Waals surface area (Å²) in [5.41, 5.74) is 0. The van der Waals surface area contributed by atoms with Crippen molar-refractivity contribution in [2.24, 2.45) is 23.7 Å². The lowest BCUT2D eigenvalue weighted by atomic mass is 9.83. The molecule has 0 radical (unpaired) electrons. The predicted molar refractivity (Wildman–Crippen MR) is 113 cm³/mol. The van der Waals surface area contributed by atoms with E-state index in [1.54, 1.807) is 0 Å². The van der Waals surface area contributed by atoms with Crippen molar-refractivity contribution in [1.82, 2.24) is 0 Å². The summed E-state index contributed by atoms with van der Waals surface area (Å²) in [6, 6.07) is 0. The first-order chi connectivity index (χ1) is 14.7. The molecule has 0 amide bonds. The van der Waals surface area contributed by atoms with Crippen LogP contribution >= 0.6 is 0 Å². The predicted octanol–water partition coefficient (Wildman–Crippen LogP) is 5.81. The van der Waals surface area contributed by atoms with E-state index in [1.807, 2.05) is 0 Å². The second-order valence-corrected chi connectivity index (χ2v) is 8.93. The number of ether oxygens (including phenoxy) is 4. The van der Waals surface area contributed by atoms with Crippen LogP contribution in [0.3, 0.4) is 0 Å². The molecule has 3 aliphatic rings. The molecule has 0 saturated heterocycles. The van der Waals surface area contributed by atoms with Gasteiger partial charge in [0.15, 0.2) is 0 Å². The minimum Gasteiger partial charge on any atom is -0.434 e. The summed E-state index contributed by atoms with van der Waals surface area (Å²) in [4.78, 5) is 23.6. The zero-order valence-corrected chi connectivity index (χ0v) is 18.0. The Bertz CT molecular complexity index is 539. The zero-order valence-electron chi connectivity index (χ0n) is 18.0. The van der Waals surface area contributed by atoms with E-state index >= 15 is 0 Å². The van der Waals surface area contributed by atoms with Crippen LogP contribution in [0.15, 0.2) is 24.3 Å². The Hall–Kier alpha value is -1.98. The third-order valence-electron chi connectivity index (χ3n) is 6.47. The fourth-order valence-corrected chi connectivity index (χ4v) is 4.41. The number of carbonyl (C=O) groups excluding carboxylic acids is 2. The van der Waals surface area contributed by atoms with E-state index in [4.69, 9.17) is 18.9 Å². The van der Waals surface area contributed by atoms with Gasteiger partial charge in [0, 0.05) is 0 Å². The van der Waals surface area contributed by atoms with Gasteiger partial charge in [0.1, 0.15) is 0 Å². The molecule has 0 bridgehead atoms. The van der Waals surface area contributed by atoms with Crippen LogP contribution < -0.4 is 0 Å². The molecule has 2 atom stereocenters. The topological polar surface area (TPSA) is 71.1 Å². The lowest BCUT2D eigenvalue weighted by Crippen LogP contribution is -2.25. The molecule has 6 nitrogen and oxygen atoms in total. The van der Waals surface area contributed by atoms with Crippen molar-refractivity contribution in [3.05, 3.63) is 24.3 Å². The van der Waals surface area contributed by atoms with Crippen molar-refractivity contribution < 1.29 is 28.5 Å². The normalized spacial score (nSPS) is 28.5. The number of allylic oxidation sites excluding steroid dienone is 4. The summed E-state index contributed by atoms with van der Waals surface area (Å²) >= 11 is 0. The van der Waals surface area contributed by atoms with Gasteiger partial charge in [-0.15, -0.1) is 0 Å². The molecule has 168 valence electrons. The van der Waals surface area contributed by atoms with Crippen molar-refractivity contribution in [1.29, 1.82) is 0 Å². The van der Waals surface area contributed by atoms with Gasteiger partial charge in [-0.2, -0.15) is 0 Å². The van der Waals surface area contributed by atoms with Gasteiger partial charge >= 0.3 is 12.3 Å². The second-order valence-electron chi connectivity index (χ2n) is 8.93. The highest BCUT2D eigenvalue weighted by molar-refractivity contribution is 5.60. The summed E-state index contributed by atoms with van der Waals surface area (Å²) < 4.78 is 21.1. The number of carbonyl (C=O) groups is 2. The molecule has 6 heteroatoms. The third kappa shape index (κ3) is 8.41. The molecule has 0 aromatic carbocycles. The molecule has 0 spiro atoms. The SMILES string of the molecule is O=C(OCC1CC=CCC1)OCC1CCC(COC(=O)OCC2CC=CCC2)CC1. The Labute approximate surface area is 180 Å². The molecule has 0 aliphatic heterocycles. The summed E-state index contributed by atoms with van der Waals surface area (Å²) in [7, 11) is 0. The standard InChI is InChI=1S/C24H36O6/c25-23(27-15-19-7-3-1-4-8-19)29-17-21-11-13-22(14-12-21)18-30-24(26)28-16-20-9-5-2-6-10-20/h1-3,5,19-22H,4,6-18H2. The van der Waals surface area contributed by atoms with Crippen molar-refractivity contribution in [2.75, 3.05) is 26.4 Å². The first-order valence-electron chi connectivity index (χ1n) is 11.6. The molecule has 2 unspecified atom stereocenters. The largest absolute Gasteiger partial charge is 0.508 e. The van der Waals surface area contributed by atoms with Gasteiger partial charge in [0.25, 0.3) is 0 Å². The first-order valence-corrected chi connectivity index (χ1v) is 11.6. The second kappa shape index (κ2) is 12.7. The minimum absolute atomic E-state index is 0.359. The van der Waals surface area contributed by atoms with Crippen LogP contribution in [0.25, 0.3) is 0 Å². The van der Waals surface area contributed by atoms with E-state index in [1.165, 1.54) is 0 Å². The number of hydrogen-bond acceptors (Lipinski definition) is 6. The average Bonchev–Trinajstić information content (AvgIpc) is 2.80. The smallest absolute Gasteiger partial charge is 0.434 e. The molecule has 1 saturated carbocycles. The highest BCUT2D eigenvalue weighted by Gasteiger charge is 2.24. The van der Waals surface area contributed by atoms with Gasteiger partial charge in [-0.1, -0.05) is 24.3 Å². The van der Waals surface area contributed by atoms with Crippen molar-refractivity contribution in [3.63, 3.8) is 0 Å². The van der Waals surface area contributed by atoms with E-state index < -0.39 is 12.3 Å². The van der Waals surface area contributed by atoms with E-state index in [-0.39, 0.29) is 0 Å². The molecule has 0 aromatic rings.